The summed E-state index contributed by atoms with van der Waals surface area (Å²) in [6.45, 7) is 5.32. The fourth-order valence-electron chi connectivity index (χ4n) is 3.15. The monoisotopic (exact) mass is 366 g/mol. The van der Waals surface area contributed by atoms with E-state index in [9.17, 15) is 14.0 Å². The number of nitrogens with zero attached hydrogens (tertiary/aromatic N) is 2. The summed E-state index contributed by atoms with van der Waals surface area (Å²) >= 11 is 0. The third-order valence-corrected chi connectivity index (χ3v) is 4.24. The van der Waals surface area contributed by atoms with E-state index in [1.54, 1.807) is 0 Å². The molecule has 0 aliphatic rings. The van der Waals surface area contributed by atoms with Crippen molar-refractivity contribution >= 4 is 11.8 Å². The molecule has 0 N–H and O–H groups in total. The maximum atomic E-state index is 13.1. The number of aromatic nitrogens is 2. The molecule has 0 saturated carbocycles. The molecule has 27 heavy (non-hydrogen) atoms. The molecule has 138 valence electrons. The molecular weight excluding hydrogens is 347 g/mol. The van der Waals surface area contributed by atoms with Crippen LogP contribution in [0.25, 0.3) is 5.69 Å². The van der Waals surface area contributed by atoms with E-state index in [1.807, 2.05) is 32.9 Å². The predicted octanol–water partition coefficient (Wildman–Crippen LogP) is 3.98. The van der Waals surface area contributed by atoms with Crippen LogP contribution in [0.15, 0.2) is 48.9 Å². The summed E-state index contributed by atoms with van der Waals surface area (Å²) in [5.41, 5.74) is 4.07. The number of benzene rings is 2. The second kappa shape index (κ2) is 7.53. The number of imidazole rings is 1. The first-order valence-corrected chi connectivity index (χ1v) is 8.43. The molecule has 3 aromatic rings. The molecule has 1 heterocycles. The normalized spacial score (nSPS) is 10.7. The Morgan fingerprint density at radius 3 is 2.33 bits per heavy atom. The summed E-state index contributed by atoms with van der Waals surface area (Å²) in [7, 11) is 0. The van der Waals surface area contributed by atoms with E-state index in [-0.39, 0.29) is 23.9 Å². The molecule has 0 bridgehead atoms. The van der Waals surface area contributed by atoms with Gasteiger partial charge in [0.2, 0.25) is 5.78 Å². The summed E-state index contributed by atoms with van der Waals surface area (Å²) in [6, 6.07) is 9.47. The average molecular weight is 366 g/mol. The fourth-order valence-corrected chi connectivity index (χ4v) is 3.15. The van der Waals surface area contributed by atoms with Gasteiger partial charge in [-0.1, -0.05) is 17.7 Å². The molecule has 1 aromatic heterocycles. The van der Waals surface area contributed by atoms with Crippen molar-refractivity contribution in [3.05, 3.63) is 82.7 Å². The maximum absolute atomic E-state index is 13.1. The number of ether oxygens (including phenoxy) is 1. The van der Waals surface area contributed by atoms with E-state index in [2.05, 4.69) is 4.98 Å². The molecule has 0 atom stereocenters. The summed E-state index contributed by atoms with van der Waals surface area (Å²) in [6.07, 6.45) is 2.78. The lowest BCUT2D eigenvalue weighted by molar-refractivity contribution is 0.0466. The Hall–Kier alpha value is -3.28. The quantitative estimate of drug-likeness (QED) is 0.506. The first-order valence-electron chi connectivity index (χ1n) is 8.43. The number of carbonyl (C=O) groups excluding carboxylic acids is 2. The van der Waals surface area contributed by atoms with Crippen molar-refractivity contribution in [2.24, 2.45) is 0 Å². The zero-order valence-corrected chi connectivity index (χ0v) is 15.3. The van der Waals surface area contributed by atoms with Gasteiger partial charge in [-0.3, -0.25) is 9.36 Å². The Bertz CT molecular complexity index is 984. The highest BCUT2D eigenvalue weighted by Crippen LogP contribution is 2.18. The Morgan fingerprint density at radius 1 is 1.07 bits per heavy atom. The van der Waals surface area contributed by atoms with Gasteiger partial charge >= 0.3 is 5.97 Å². The molecule has 0 fully saturated rings. The Labute approximate surface area is 156 Å². The largest absolute Gasteiger partial charge is 0.453 e. The van der Waals surface area contributed by atoms with E-state index in [4.69, 9.17) is 4.74 Å². The fraction of sp³-hybridized carbons (Fsp3) is 0.190. The Kier molecular flexibility index (Phi) is 5.16. The third-order valence-electron chi connectivity index (χ3n) is 4.24. The van der Waals surface area contributed by atoms with Gasteiger partial charge < -0.3 is 4.74 Å². The van der Waals surface area contributed by atoms with Crippen LogP contribution in [0.5, 0.6) is 0 Å². The van der Waals surface area contributed by atoms with E-state index in [0.717, 1.165) is 16.7 Å². The highest BCUT2D eigenvalue weighted by molar-refractivity contribution is 6.01. The number of hydrogen-bond donors (Lipinski definition) is 0. The number of rotatable bonds is 5. The zero-order chi connectivity index (χ0) is 19.6. The third kappa shape index (κ3) is 3.95. The minimum atomic E-state index is -0.674. The van der Waals surface area contributed by atoms with Crippen molar-refractivity contribution < 1.29 is 18.7 Å². The SMILES string of the molecule is Cc1cc(C)c(C(=O)COC(=O)c2cncn2-c2ccc(F)cc2)c(C)c1. The van der Waals surface area contributed by atoms with Crippen LogP contribution in [0, 0.1) is 26.6 Å². The van der Waals surface area contributed by atoms with Crippen molar-refractivity contribution in [3.8, 4) is 5.69 Å². The number of ketones is 1. The second-order valence-electron chi connectivity index (χ2n) is 6.40. The topological polar surface area (TPSA) is 61.2 Å². The molecule has 0 radical (unpaired) electrons. The lowest BCUT2D eigenvalue weighted by Crippen LogP contribution is -2.18. The second-order valence-corrected chi connectivity index (χ2v) is 6.40. The number of carbonyl (C=O) groups is 2. The van der Waals surface area contributed by atoms with E-state index in [1.165, 1.54) is 41.4 Å². The first kappa shape index (κ1) is 18.5. The van der Waals surface area contributed by atoms with Gasteiger partial charge in [0, 0.05) is 11.3 Å². The minimum absolute atomic E-state index is 0.159. The number of halogens is 1. The number of hydrogen-bond acceptors (Lipinski definition) is 4. The van der Waals surface area contributed by atoms with Gasteiger partial charge in [0.05, 0.1) is 12.5 Å². The van der Waals surface area contributed by atoms with Crippen molar-refractivity contribution in [2.75, 3.05) is 6.61 Å². The maximum Gasteiger partial charge on any atom is 0.357 e. The number of Topliss-reactive ketones (excluding diaryl/α,β-unsaturated/α-hetero) is 1. The molecule has 0 spiro atoms. The molecular formula is C21H19FN2O3. The summed E-state index contributed by atoms with van der Waals surface area (Å²) in [5, 5.41) is 0. The lowest BCUT2D eigenvalue weighted by Gasteiger charge is -2.11. The van der Waals surface area contributed by atoms with Crippen LogP contribution >= 0.6 is 0 Å². The molecule has 2 aromatic carbocycles. The van der Waals surface area contributed by atoms with E-state index < -0.39 is 5.97 Å². The van der Waals surface area contributed by atoms with Gasteiger partial charge in [0.25, 0.3) is 0 Å². The van der Waals surface area contributed by atoms with E-state index in [0.29, 0.717) is 11.3 Å². The van der Waals surface area contributed by atoms with Gasteiger partial charge in [0.15, 0.2) is 12.3 Å². The van der Waals surface area contributed by atoms with Crippen LogP contribution in [-0.4, -0.2) is 27.9 Å². The first-order chi connectivity index (χ1) is 12.9. The highest BCUT2D eigenvalue weighted by atomic mass is 19.1. The van der Waals surface area contributed by atoms with E-state index >= 15 is 0 Å². The Morgan fingerprint density at radius 2 is 1.70 bits per heavy atom. The number of aryl methyl sites for hydroxylation is 3. The predicted molar refractivity (Wildman–Crippen MR) is 98.8 cm³/mol. The Balaban J connectivity index is 1.75. The zero-order valence-electron chi connectivity index (χ0n) is 15.3. The molecule has 6 heteroatoms. The molecule has 0 saturated heterocycles. The van der Waals surface area contributed by atoms with Gasteiger partial charge in [-0.25, -0.2) is 14.2 Å². The smallest absolute Gasteiger partial charge is 0.357 e. The van der Waals surface area contributed by atoms with Gasteiger partial charge in [-0.15, -0.1) is 0 Å². The van der Waals surface area contributed by atoms with Crippen molar-refractivity contribution in [3.63, 3.8) is 0 Å². The average Bonchev–Trinajstić information content (AvgIpc) is 3.09. The summed E-state index contributed by atoms with van der Waals surface area (Å²) in [4.78, 5) is 28.9. The van der Waals surface area contributed by atoms with Gasteiger partial charge in [0.1, 0.15) is 5.82 Å². The van der Waals surface area contributed by atoms with Crippen LogP contribution in [0.1, 0.15) is 37.5 Å². The molecule has 0 aliphatic carbocycles. The standard InChI is InChI=1S/C21H19FN2O3/c1-13-8-14(2)20(15(3)9-13)19(25)11-27-21(26)18-10-23-12-24(18)17-6-4-16(22)5-7-17/h4-10,12H,11H2,1-3H3. The molecule has 5 nitrogen and oxygen atoms in total. The van der Waals surface area contributed by atoms with Crippen LogP contribution in [0.2, 0.25) is 0 Å². The number of esters is 1. The van der Waals surface area contributed by atoms with Crippen LogP contribution in [0.3, 0.4) is 0 Å². The van der Waals surface area contributed by atoms with Crippen molar-refractivity contribution in [2.45, 2.75) is 20.8 Å². The summed E-state index contributed by atoms with van der Waals surface area (Å²) < 4.78 is 19.8. The lowest BCUT2D eigenvalue weighted by atomic mass is 9.97. The van der Waals surface area contributed by atoms with Crippen LogP contribution < -0.4 is 0 Å². The van der Waals surface area contributed by atoms with Crippen LogP contribution in [-0.2, 0) is 4.74 Å². The minimum Gasteiger partial charge on any atom is -0.453 e. The van der Waals surface area contributed by atoms with Gasteiger partial charge in [-0.2, -0.15) is 0 Å². The van der Waals surface area contributed by atoms with Crippen molar-refractivity contribution in [1.82, 2.24) is 9.55 Å². The molecule has 3 rings (SSSR count). The summed E-state index contributed by atoms with van der Waals surface area (Å²) in [5.74, 6) is -1.31. The molecule has 0 unspecified atom stereocenters. The van der Waals surface area contributed by atoms with Crippen LogP contribution in [0.4, 0.5) is 4.39 Å². The van der Waals surface area contributed by atoms with Gasteiger partial charge in [-0.05, 0) is 56.2 Å². The molecule has 0 amide bonds. The highest BCUT2D eigenvalue weighted by Gasteiger charge is 2.19. The molecule has 0 aliphatic heterocycles. The van der Waals surface area contributed by atoms with Crippen molar-refractivity contribution in [1.29, 1.82) is 0 Å².